The first-order valence-corrected chi connectivity index (χ1v) is 8.13. The number of nitrogens with two attached hydrogens (primary N) is 1. The SMILES string of the molecule is CC(N)CCNC(=O)CSCC(=O)N1CCCCC1. The van der Waals surface area contributed by atoms with Crippen LogP contribution in [0.2, 0.25) is 0 Å². The molecule has 0 aliphatic carbocycles. The third-order valence-electron chi connectivity index (χ3n) is 3.09. The Morgan fingerprint density at radius 3 is 2.58 bits per heavy atom. The zero-order chi connectivity index (χ0) is 14.1. The molecule has 1 fully saturated rings. The van der Waals surface area contributed by atoms with Crippen molar-refractivity contribution in [2.75, 3.05) is 31.1 Å². The van der Waals surface area contributed by atoms with Gasteiger partial charge in [-0.05, 0) is 32.6 Å². The van der Waals surface area contributed by atoms with E-state index in [1.807, 2.05) is 11.8 Å². The van der Waals surface area contributed by atoms with Crippen molar-refractivity contribution in [3.8, 4) is 0 Å². The van der Waals surface area contributed by atoms with Crippen LogP contribution in [0.5, 0.6) is 0 Å². The number of rotatable bonds is 7. The lowest BCUT2D eigenvalue weighted by Crippen LogP contribution is -2.37. The summed E-state index contributed by atoms with van der Waals surface area (Å²) in [5.74, 6) is 0.893. The maximum atomic E-state index is 11.8. The van der Waals surface area contributed by atoms with Gasteiger partial charge in [0, 0.05) is 25.7 Å². The largest absolute Gasteiger partial charge is 0.355 e. The van der Waals surface area contributed by atoms with Crippen molar-refractivity contribution in [3.63, 3.8) is 0 Å². The summed E-state index contributed by atoms with van der Waals surface area (Å²) in [5.41, 5.74) is 5.59. The van der Waals surface area contributed by atoms with E-state index in [-0.39, 0.29) is 17.9 Å². The Kier molecular flexibility index (Phi) is 7.90. The molecule has 0 saturated carbocycles. The maximum Gasteiger partial charge on any atom is 0.232 e. The number of likely N-dealkylation sites (tertiary alicyclic amines) is 1. The molecular weight excluding hydrogens is 262 g/mol. The highest BCUT2D eigenvalue weighted by atomic mass is 32.2. The molecule has 0 radical (unpaired) electrons. The maximum absolute atomic E-state index is 11.8. The zero-order valence-electron chi connectivity index (χ0n) is 11.7. The molecule has 0 spiro atoms. The molecule has 0 aromatic carbocycles. The molecule has 1 unspecified atom stereocenters. The highest BCUT2D eigenvalue weighted by molar-refractivity contribution is 8.00. The number of hydrogen-bond acceptors (Lipinski definition) is 4. The lowest BCUT2D eigenvalue weighted by Gasteiger charge is -2.26. The van der Waals surface area contributed by atoms with E-state index in [4.69, 9.17) is 5.73 Å². The standard InChI is InChI=1S/C13H25N3O2S/c1-11(14)5-6-15-12(17)9-19-10-13(18)16-7-3-2-4-8-16/h11H,2-10,14H2,1H3,(H,15,17). The van der Waals surface area contributed by atoms with Crippen molar-refractivity contribution in [1.29, 1.82) is 0 Å². The van der Waals surface area contributed by atoms with Crippen molar-refractivity contribution in [2.24, 2.45) is 5.73 Å². The average molecular weight is 287 g/mol. The average Bonchev–Trinajstić information content (AvgIpc) is 2.39. The van der Waals surface area contributed by atoms with Crippen LogP contribution in [0.1, 0.15) is 32.6 Å². The molecule has 5 nitrogen and oxygen atoms in total. The molecule has 2 amide bonds. The molecule has 1 atom stereocenters. The minimum Gasteiger partial charge on any atom is -0.355 e. The fourth-order valence-corrected chi connectivity index (χ4v) is 2.70. The van der Waals surface area contributed by atoms with Crippen molar-refractivity contribution in [2.45, 2.75) is 38.6 Å². The van der Waals surface area contributed by atoms with Crippen LogP contribution in [-0.2, 0) is 9.59 Å². The van der Waals surface area contributed by atoms with Crippen molar-refractivity contribution >= 4 is 23.6 Å². The molecule has 1 rings (SSSR count). The normalized spacial score (nSPS) is 17.1. The third kappa shape index (κ3) is 7.42. The molecule has 1 aliphatic rings. The molecule has 1 saturated heterocycles. The van der Waals surface area contributed by atoms with Gasteiger partial charge < -0.3 is 16.0 Å². The summed E-state index contributed by atoms with van der Waals surface area (Å²) in [7, 11) is 0. The first kappa shape index (κ1) is 16.3. The Morgan fingerprint density at radius 1 is 1.26 bits per heavy atom. The second-order valence-corrected chi connectivity index (χ2v) is 6.04. The van der Waals surface area contributed by atoms with E-state index in [1.54, 1.807) is 0 Å². The molecular formula is C13H25N3O2S. The monoisotopic (exact) mass is 287 g/mol. The summed E-state index contributed by atoms with van der Waals surface area (Å²) < 4.78 is 0. The lowest BCUT2D eigenvalue weighted by atomic mass is 10.1. The minimum absolute atomic E-state index is 0.0166. The number of thioether (sulfide) groups is 1. The summed E-state index contributed by atoms with van der Waals surface area (Å²) >= 11 is 1.39. The highest BCUT2D eigenvalue weighted by Gasteiger charge is 2.16. The van der Waals surface area contributed by atoms with Gasteiger partial charge in [0.25, 0.3) is 0 Å². The summed E-state index contributed by atoms with van der Waals surface area (Å²) in [5, 5.41) is 2.80. The topological polar surface area (TPSA) is 75.4 Å². The Bertz CT molecular complexity index is 292. The highest BCUT2D eigenvalue weighted by Crippen LogP contribution is 2.11. The van der Waals surface area contributed by atoms with E-state index in [2.05, 4.69) is 5.32 Å². The Labute approximate surface area is 119 Å². The Morgan fingerprint density at radius 2 is 1.95 bits per heavy atom. The Hall–Kier alpha value is -0.750. The number of hydrogen-bond donors (Lipinski definition) is 2. The first-order valence-electron chi connectivity index (χ1n) is 6.97. The van der Waals surface area contributed by atoms with E-state index in [0.717, 1.165) is 32.4 Å². The van der Waals surface area contributed by atoms with Gasteiger partial charge in [-0.3, -0.25) is 9.59 Å². The fraction of sp³-hybridized carbons (Fsp3) is 0.846. The predicted octanol–water partition coefficient (Wildman–Crippen LogP) is 0.586. The summed E-state index contributed by atoms with van der Waals surface area (Å²) in [6.45, 7) is 4.27. The van der Waals surface area contributed by atoms with Gasteiger partial charge in [-0.25, -0.2) is 0 Å². The summed E-state index contributed by atoms with van der Waals surface area (Å²) in [6, 6.07) is 0.105. The van der Waals surface area contributed by atoms with Crippen LogP contribution < -0.4 is 11.1 Å². The Balaban J connectivity index is 2.05. The van der Waals surface area contributed by atoms with E-state index in [1.165, 1.54) is 18.2 Å². The van der Waals surface area contributed by atoms with Gasteiger partial charge in [0.1, 0.15) is 0 Å². The van der Waals surface area contributed by atoms with E-state index in [0.29, 0.717) is 18.1 Å². The van der Waals surface area contributed by atoms with Gasteiger partial charge in [-0.1, -0.05) is 0 Å². The molecule has 1 heterocycles. The lowest BCUT2D eigenvalue weighted by molar-refractivity contribution is -0.129. The number of piperidine rings is 1. The fourth-order valence-electron chi connectivity index (χ4n) is 1.96. The molecule has 0 aromatic rings. The van der Waals surface area contributed by atoms with E-state index < -0.39 is 0 Å². The molecule has 6 heteroatoms. The number of carbonyl (C=O) groups is 2. The van der Waals surface area contributed by atoms with Crippen molar-refractivity contribution in [3.05, 3.63) is 0 Å². The molecule has 1 aliphatic heterocycles. The predicted molar refractivity (Wildman–Crippen MR) is 79.0 cm³/mol. The second kappa shape index (κ2) is 9.20. The number of nitrogens with one attached hydrogen (secondary N) is 1. The first-order chi connectivity index (χ1) is 9.09. The third-order valence-corrected chi connectivity index (χ3v) is 4.01. The number of amides is 2. The van der Waals surface area contributed by atoms with Gasteiger partial charge in [0.15, 0.2) is 0 Å². The van der Waals surface area contributed by atoms with Crippen molar-refractivity contribution < 1.29 is 9.59 Å². The smallest absolute Gasteiger partial charge is 0.232 e. The summed E-state index contributed by atoms with van der Waals surface area (Å²) in [6.07, 6.45) is 4.21. The molecule has 0 aromatic heterocycles. The van der Waals surface area contributed by atoms with Crippen LogP contribution >= 0.6 is 11.8 Å². The van der Waals surface area contributed by atoms with Crippen LogP contribution in [0.15, 0.2) is 0 Å². The van der Waals surface area contributed by atoms with Gasteiger partial charge in [0.05, 0.1) is 11.5 Å². The number of carbonyl (C=O) groups excluding carboxylic acids is 2. The minimum atomic E-state index is -0.0166. The quantitative estimate of drug-likeness (QED) is 0.718. The number of nitrogens with zero attached hydrogens (tertiary/aromatic N) is 1. The van der Waals surface area contributed by atoms with Crippen LogP contribution in [0.25, 0.3) is 0 Å². The van der Waals surface area contributed by atoms with Gasteiger partial charge in [-0.2, -0.15) is 0 Å². The second-order valence-electron chi connectivity index (χ2n) is 5.05. The van der Waals surface area contributed by atoms with Crippen LogP contribution in [0, 0.1) is 0 Å². The molecule has 0 bridgehead atoms. The molecule has 110 valence electrons. The summed E-state index contributed by atoms with van der Waals surface area (Å²) in [4.78, 5) is 25.2. The van der Waals surface area contributed by atoms with Gasteiger partial charge >= 0.3 is 0 Å². The van der Waals surface area contributed by atoms with Gasteiger partial charge in [0.2, 0.25) is 11.8 Å². The van der Waals surface area contributed by atoms with Crippen LogP contribution in [-0.4, -0.2) is 53.9 Å². The van der Waals surface area contributed by atoms with E-state index >= 15 is 0 Å². The zero-order valence-corrected chi connectivity index (χ0v) is 12.5. The van der Waals surface area contributed by atoms with Crippen molar-refractivity contribution in [1.82, 2.24) is 10.2 Å². The van der Waals surface area contributed by atoms with E-state index in [9.17, 15) is 9.59 Å². The van der Waals surface area contributed by atoms with Crippen LogP contribution in [0.4, 0.5) is 0 Å². The van der Waals surface area contributed by atoms with Crippen LogP contribution in [0.3, 0.4) is 0 Å². The molecule has 3 N–H and O–H groups in total. The van der Waals surface area contributed by atoms with Gasteiger partial charge in [-0.15, -0.1) is 11.8 Å². The molecule has 19 heavy (non-hydrogen) atoms.